The van der Waals surface area contributed by atoms with Gasteiger partial charge in [0.1, 0.15) is 5.75 Å². The first-order valence-corrected chi connectivity index (χ1v) is 9.75. The average Bonchev–Trinajstić information content (AvgIpc) is 2.97. The van der Waals surface area contributed by atoms with Gasteiger partial charge in [0.2, 0.25) is 10.0 Å². The predicted octanol–water partition coefficient (Wildman–Crippen LogP) is 2.34. The van der Waals surface area contributed by atoms with Crippen LogP contribution in [0.5, 0.6) is 5.75 Å². The molecule has 130 valence electrons. The van der Waals surface area contributed by atoms with E-state index in [1.54, 1.807) is 28.6 Å². The van der Waals surface area contributed by atoms with E-state index >= 15 is 0 Å². The zero-order valence-electron chi connectivity index (χ0n) is 14.3. The number of nitrogens with zero attached hydrogens (tertiary/aromatic N) is 1. The highest BCUT2D eigenvalue weighted by Gasteiger charge is 2.32. The summed E-state index contributed by atoms with van der Waals surface area (Å²) < 4.78 is 32.6. The lowest BCUT2D eigenvalue weighted by Crippen LogP contribution is -2.30. The lowest BCUT2D eigenvalue weighted by molar-refractivity contribution is 0.289. The third-order valence-corrected chi connectivity index (χ3v) is 6.05. The normalized spacial score (nSPS) is 19.4. The van der Waals surface area contributed by atoms with Gasteiger partial charge in [-0.2, -0.15) is 4.31 Å². The van der Waals surface area contributed by atoms with E-state index in [2.05, 4.69) is 19.2 Å². The van der Waals surface area contributed by atoms with Crippen LogP contribution in [0.1, 0.15) is 26.7 Å². The van der Waals surface area contributed by atoms with Gasteiger partial charge in [-0.25, -0.2) is 8.42 Å². The fraction of sp³-hybridized carbons (Fsp3) is 0.647. The van der Waals surface area contributed by atoms with Crippen molar-refractivity contribution in [2.45, 2.75) is 31.6 Å². The first-order valence-electron chi connectivity index (χ1n) is 8.31. The van der Waals surface area contributed by atoms with Crippen molar-refractivity contribution in [3.8, 4) is 5.75 Å². The molecule has 2 rings (SSSR count). The van der Waals surface area contributed by atoms with Crippen molar-refractivity contribution in [3.63, 3.8) is 0 Å². The lowest BCUT2D eigenvalue weighted by atomic mass is 10.1. The van der Waals surface area contributed by atoms with Crippen molar-refractivity contribution in [2.75, 3.05) is 33.3 Å². The zero-order chi connectivity index (χ0) is 16.9. The highest BCUT2D eigenvalue weighted by molar-refractivity contribution is 7.89. The van der Waals surface area contributed by atoms with Gasteiger partial charge in [-0.15, -0.1) is 0 Å². The zero-order valence-corrected chi connectivity index (χ0v) is 15.1. The molecule has 0 radical (unpaired) electrons. The first-order chi connectivity index (χ1) is 10.9. The molecule has 1 aliphatic rings. The average molecular weight is 340 g/mol. The van der Waals surface area contributed by atoms with Crippen LogP contribution >= 0.6 is 0 Å². The van der Waals surface area contributed by atoms with E-state index in [1.165, 1.54) is 0 Å². The molecule has 0 aliphatic carbocycles. The molecule has 0 aromatic heterocycles. The van der Waals surface area contributed by atoms with E-state index in [0.717, 1.165) is 25.1 Å². The largest absolute Gasteiger partial charge is 0.494 e. The monoisotopic (exact) mass is 340 g/mol. The Bertz CT molecular complexity index is 584. The van der Waals surface area contributed by atoms with Crippen molar-refractivity contribution in [1.82, 2.24) is 9.62 Å². The molecule has 23 heavy (non-hydrogen) atoms. The van der Waals surface area contributed by atoms with E-state index in [-0.39, 0.29) is 0 Å². The molecule has 1 heterocycles. The van der Waals surface area contributed by atoms with Crippen molar-refractivity contribution >= 4 is 10.0 Å². The molecule has 1 aromatic carbocycles. The van der Waals surface area contributed by atoms with Crippen LogP contribution in [-0.2, 0) is 10.0 Å². The van der Waals surface area contributed by atoms with Gasteiger partial charge in [0.05, 0.1) is 11.5 Å². The van der Waals surface area contributed by atoms with Crippen LogP contribution in [0.25, 0.3) is 0 Å². The predicted molar refractivity (Wildman–Crippen MR) is 92.2 cm³/mol. The van der Waals surface area contributed by atoms with E-state index in [9.17, 15) is 8.42 Å². The Morgan fingerprint density at radius 2 is 2.00 bits per heavy atom. The summed E-state index contributed by atoms with van der Waals surface area (Å²) in [4.78, 5) is 0.346. The highest BCUT2D eigenvalue weighted by Crippen LogP contribution is 2.25. The van der Waals surface area contributed by atoms with Crippen molar-refractivity contribution in [3.05, 3.63) is 24.3 Å². The molecule has 1 fully saturated rings. The number of sulfonamides is 1. The van der Waals surface area contributed by atoms with Gasteiger partial charge in [0.15, 0.2) is 0 Å². The van der Waals surface area contributed by atoms with Gasteiger partial charge in [-0.3, -0.25) is 0 Å². The summed E-state index contributed by atoms with van der Waals surface area (Å²) in [6.07, 6.45) is 1.90. The summed E-state index contributed by atoms with van der Waals surface area (Å²) in [7, 11) is -1.49. The van der Waals surface area contributed by atoms with E-state index < -0.39 is 10.0 Å². The Morgan fingerprint density at radius 1 is 1.30 bits per heavy atom. The molecule has 1 unspecified atom stereocenters. The van der Waals surface area contributed by atoms with Crippen LogP contribution in [0.2, 0.25) is 0 Å². The summed E-state index contributed by atoms with van der Waals surface area (Å²) in [5.74, 6) is 1.71. The summed E-state index contributed by atoms with van der Waals surface area (Å²) in [5, 5.41) is 3.12. The summed E-state index contributed by atoms with van der Waals surface area (Å²) in [6, 6.07) is 6.78. The lowest BCUT2D eigenvalue weighted by Gasteiger charge is -2.17. The maximum atomic E-state index is 12.7. The molecule has 1 atom stereocenters. The van der Waals surface area contributed by atoms with Crippen molar-refractivity contribution in [2.24, 2.45) is 11.8 Å². The Balaban J connectivity index is 1.98. The third-order valence-electron chi connectivity index (χ3n) is 4.17. The first kappa shape index (κ1) is 18.2. The fourth-order valence-electron chi connectivity index (χ4n) is 2.74. The van der Waals surface area contributed by atoms with Crippen LogP contribution in [0.3, 0.4) is 0 Å². The Labute approximate surface area is 140 Å². The van der Waals surface area contributed by atoms with E-state index in [4.69, 9.17) is 4.74 Å². The SMILES string of the molecule is CNCC1CCN(S(=O)(=O)c2ccc(OCCC(C)C)cc2)C1. The molecule has 0 bridgehead atoms. The van der Waals surface area contributed by atoms with Crippen LogP contribution in [0.4, 0.5) is 0 Å². The molecule has 6 heteroatoms. The molecular weight excluding hydrogens is 312 g/mol. The van der Waals surface area contributed by atoms with Gasteiger partial charge in [0, 0.05) is 13.1 Å². The highest BCUT2D eigenvalue weighted by atomic mass is 32.2. The molecule has 0 saturated carbocycles. The minimum atomic E-state index is -3.39. The number of nitrogens with one attached hydrogen (secondary N) is 1. The standard InChI is InChI=1S/C17H28N2O3S/c1-14(2)9-11-22-16-4-6-17(7-5-16)23(20,21)19-10-8-15(13-19)12-18-3/h4-7,14-15,18H,8-13H2,1-3H3. The minimum absolute atomic E-state index is 0.346. The Hall–Kier alpha value is -1.11. The summed E-state index contributed by atoms with van der Waals surface area (Å²) in [5.41, 5.74) is 0. The second-order valence-corrected chi connectivity index (χ2v) is 8.52. The van der Waals surface area contributed by atoms with Crippen LogP contribution in [-0.4, -0.2) is 46.0 Å². The Morgan fingerprint density at radius 3 is 2.61 bits per heavy atom. The van der Waals surface area contributed by atoms with E-state index in [0.29, 0.717) is 36.4 Å². The third kappa shape index (κ3) is 4.93. The van der Waals surface area contributed by atoms with Crippen molar-refractivity contribution < 1.29 is 13.2 Å². The Kier molecular flexibility index (Phi) is 6.44. The number of hydrogen-bond donors (Lipinski definition) is 1. The molecule has 1 saturated heterocycles. The molecule has 1 N–H and O–H groups in total. The van der Waals surface area contributed by atoms with Gasteiger partial charge in [-0.05, 0) is 62.5 Å². The number of rotatable bonds is 8. The van der Waals surface area contributed by atoms with Crippen molar-refractivity contribution in [1.29, 1.82) is 0 Å². The maximum absolute atomic E-state index is 12.7. The second kappa shape index (κ2) is 8.13. The number of hydrogen-bond acceptors (Lipinski definition) is 4. The molecule has 0 spiro atoms. The summed E-state index contributed by atoms with van der Waals surface area (Å²) >= 11 is 0. The minimum Gasteiger partial charge on any atom is -0.494 e. The topological polar surface area (TPSA) is 58.6 Å². The second-order valence-electron chi connectivity index (χ2n) is 6.58. The smallest absolute Gasteiger partial charge is 0.243 e. The molecule has 0 amide bonds. The summed E-state index contributed by atoms with van der Waals surface area (Å²) in [6.45, 7) is 7.00. The molecule has 1 aliphatic heterocycles. The van der Waals surface area contributed by atoms with Crippen LogP contribution in [0.15, 0.2) is 29.2 Å². The quantitative estimate of drug-likeness (QED) is 0.789. The van der Waals surface area contributed by atoms with Gasteiger partial charge < -0.3 is 10.1 Å². The van der Waals surface area contributed by atoms with Crippen LogP contribution < -0.4 is 10.1 Å². The van der Waals surface area contributed by atoms with Crippen LogP contribution in [0, 0.1) is 11.8 Å². The van der Waals surface area contributed by atoms with Gasteiger partial charge in [-0.1, -0.05) is 13.8 Å². The van der Waals surface area contributed by atoms with E-state index in [1.807, 2.05) is 7.05 Å². The molecule has 5 nitrogen and oxygen atoms in total. The number of ether oxygens (including phenoxy) is 1. The molecule has 1 aromatic rings. The van der Waals surface area contributed by atoms with Gasteiger partial charge in [0.25, 0.3) is 0 Å². The molecular formula is C17H28N2O3S. The van der Waals surface area contributed by atoms with Gasteiger partial charge >= 0.3 is 0 Å². The maximum Gasteiger partial charge on any atom is 0.243 e. The fourth-order valence-corrected chi connectivity index (χ4v) is 4.27. The number of benzene rings is 1.